The predicted molar refractivity (Wildman–Crippen MR) is 74.6 cm³/mol. The van der Waals surface area contributed by atoms with E-state index in [1.165, 1.54) is 12.8 Å². The van der Waals surface area contributed by atoms with Crippen molar-refractivity contribution in [2.24, 2.45) is 11.8 Å². The molecule has 0 saturated carbocycles. The van der Waals surface area contributed by atoms with E-state index in [0.29, 0.717) is 5.92 Å². The monoisotopic (exact) mass is 269 g/mol. The van der Waals surface area contributed by atoms with Crippen LogP contribution in [0.2, 0.25) is 0 Å². The third-order valence-corrected chi connectivity index (χ3v) is 4.48. The average molecular weight is 269 g/mol. The summed E-state index contributed by atoms with van der Waals surface area (Å²) < 4.78 is 5.33. The maximum Gasteiger partial charge on any atom is 0.226 e. The first-order valence-electron chi connectivity index (χ1n) is 6.84. The maximum absolute atomic E-state index is 5.33. The van der Waals surface area contributed by atoms with Gasteiger partial charge in [-0.1, -0.05) is 19.0 Å². The number of nitrogens with one attached hydrogen (secondary N) is 1. The third kappa shape index (κ3) is 4.61. The molecule has 1 aromatic heterocycles. The van der Waals surface area contributed by atoms with Crippen LogP contribution in [0.1, 0.15) is 38.4 Å². The van der Waals surface area contributed by atoms with Gasteiger partial charge in [0, 0.05) is 6.42 Å². The van der Waals surface area contributed by atoms with Crippen molar-refractivity contribution in [2.75, 3.05) is 18.8 Å². The van der Waals surface area contributed by atoms with Crippen LogP contribution in [0.4, 0.5) is 0 Å². The molecule has 1 aliphatic rings. The number of hydrogen-bond donors (Lipinski definition) is 1. The standard InChI is InChI=1S/C13H23N3OS/c1-10(2)8-18-9-12-15-13(17-16-12)7-11-3-5-14-6-4-11/h10-11,14H,3-9H2,1-2H3. The van der Waals surface area contributed by atoms with Gasteiger partial charge in [0.1, 0.15) is 0 Å². The van der Waals surface area contributed by atoms with Gasteiger partial charge >= 0.3 is 0 Å². The first kappa shape index (κ1) is 13.9. The molecule has 2 rings (SSSR count). The zero-order valence-electron chi connectivity index (χ0n) is 11.3. The molecular weight excluding hydrogens is 246 g/mol. The van der Waals surface area contributed by atoms with Crippen LogP contribution in [-0.2, 0) is 12.2 Å². The van der Waals surface area contributed by atoms with E-state index >= 15 is 0 Å². The summed E-state index contributed by atoms with van der Waals surface area (Å²) in [5, 5.41) is 7.43. The van der Waals surface area contributed by atoms with Gasteiger partial charge in [-0.25, -0.2) is 0 Å². The van der Waals surface area contributed by atoms with Gasteiger partial charge in [-0.3, -0.25) is 0 Å². The molecule has 102 valence electrons. The lowest BCUT2D eigenvalue weighted by molar-refractivity contribution is 0.312. The van der Waals surface area contributed by atoms with E-state index in [9.17, 15) is 0 Å². The van der Waals surface area contributed by atoms with Gasteiger partial charge in [0.15, 0.2) is 5.82 Å². The lowest BCUT2D eigenvalue weighted by Gasteiger charge is -2.20. The van der Waals surface area contributed by atoms with E-state index < -0.39 is 0 Å². The van der Waals surface area contributed by atoms with Crippen LogP contribution in [0, 0.1) is 11.8 Å². The Hall–Kier alpha value is -0.550. The second-order valence-electron chi connectivity index (χ2n) is 5.41. The van der Waals surface area contributed by atoms with Crippen molar-refractivity contribution in [1.82, 2.24) is 15.5 Å². The Kier molecular flexibility index (Phi) is 5.50. The summed E-state index contributed by atoms with van der Waals surface area (Å²) in [5.41, 5.74) is 0. The quantitative estimate of drug-likeness (QED) is 0.860. The molecule has 0 aromatic carbocycles. The topological polar surface area (TPSA) is 51.0 Å². The van der Waals surface area contributed by atoms with Gasteiger partial charge < -0.3 is 9.84 Å². The Balaban J connectivity index is 1.74. The minimum absolute atomic E-state index is 0.711. The van der Waals surface area contributed by atoms with Gasteiger partial charge in [0.25, 0.3) is 0 Å². The third-order valence-electron chi connectivity index (χ3n) is 3.11. The highest BCUT2D eigenvalue weighted by Gasteiger charge is 2.17. The van der Waals surface area contributed by atoms with Gasteiger partial charge in [-0.2, -0.15) is 16.7 Å². The normalized spacial score (nSPS) is 17.5. The first-order valence-corrected chi connectivity index (χ1v) is 7.99. The summed E-state index contributed by atoms with van der Waals surface area (Å²) in [6.45, 7) is 6.70. The molecule has 1 N–H and O–H groups in total. The van der Waals surface area contributed by atoms with E-state index in [4.69, 9.17) is 4.52 Å². The molecule has 2 heterocycles. The largest absolute Gasteiger partial charge is 0.339 e. The Morgan fingerprint density at radius 3 is 2.89 bits per heavy atom. The Labute approximate surface area is 113 Å². The second-order valence-corrected chi connectivity index (χ2v) is 6.44. The molecule has 0 spiro atoms. The van der Waals surface area contributed by atoms with Crippen molar-refractivity contribution >= 4 is 11.8 Å². The van der Waals surface area contributed by atoms with Gasteiger partial charge in [0.2, 0.25) is 5.89 Å². The minimum Gasteiger partial charge on any atom is -0.339 e. The smallest absolute Gasteiger partial charge is 0.226 e. The minimum atomic E-state index is 0.711. The average Bonchev–Trinajstić information content (AvgIpc) is 2.78. The highest BCUT2D eigenvalue weighted by atomic mass is 32.2. The van der Waals surface area contributed by atoms with Gasteiger partial charge in [0.05, 0.1) is 5.75 Å². The number of piperidine rings is 1. The number of hydrogen-bond acceptors (Lipinski definition) is 5. The molecule has 18 heavy (non-hydrogen) atoms. The molecule has 5 heteroatoms. The van der Waals surface area contributed by atoms with Crippen LogP contribution < -0.4 is 5.32 Å². The summed E-state index contributed by atoms with van der Waals surface area (Å²) in [6, 6.07) is 0. The van der Waals surface area contributed by atoms with Crippen LogP contribution in [0.15, 0.2) is 4.52 Å². The molecule has 0 aliphatic carbocycles. The van der Waals surface area contributed by atoms with E-state index in [2.05, 4.69) is 29.3 Å². The van der Waals surface area contributed by atoms with Crippen molar-refractivity contribution in [3.05, 3.63) is 11.7 Å². The van der Waals surface area contributed by atoms with E-state index in [-0.39, 0.29) is 0 Å². The highest BCUT2D eigenvalue weighted by Crippen LogP contribution is 2.18. The highest BCUT2D eigenvalue weighted by molar-refractivity contribution is 7.98. The summed E-state index contributed by atoms with van der Waals surface area (Å²) in [7, 11) is 0. The van der Waals surface area contributed by atoms with Crippen LogP contribution in [-0.4, -0.2) is 29.0 Å². The molecular formula is C13H23N3OS. The summed E-state index contributed by atoms with van der Waals surface area (Å²) in [4.78, 5) is 4.48. The zero-order valence-corrected chi connectivity index (χ0v) is 12.1. The molecule has 1 aromatic rings. The molecule has 1 saturated heterocycles. The van der Waals surface area contributed by atoms with E-state index in [1.807, 2.05) is 11.8 Å². The Morgan fingerprint density at radius 1 is 1.39 bits per heavy atom. The van der Waals surface area contributed by atoms with Crippen molar-refractivity contribution in [1.29, 1.82) is 0 Å². The van der Waals surface area contributed by atoms with Crippen molar-refractivity contribution < 1.29 is 4.52 Å². The molecule has 0 amide bonds. The fourth-order valence-electron chi connectivity index (χ4n) is 2.15. The Morgan fingerprint density at radius 2 is 2.17 bits per heavy atom. The maximum atomic E-state index is 5.33. The fourth-order valence-corrected chi connectivity index (χ4v) is 3.04. The van der Waals surface area contributed by atoms with Crippen LogP contribution in [0.25, 0.3) is 0 Å². The van der Waals surface area contributed by atoms with E-state index in [0.717, 1.165) is 48.6 Å². The van der Waals surface area contributed by atoms with Crippen LogP contribution in [0.3, 0.4) is 0 Å². The molecule has 0 unspecified atom stereocenters. The lowest BCUT2D eigenvalue weighted by Crippen LogP contribution is -2.28. The predicted octanol–water partition coefficient (Wildman–Crippen LogP) is 2.50. The number of aromatic nitrogens is 2. The lowest BCUT2D eigenvalue weighted by atomic mass is 9.95. The summed E-state index contributed by atoms with van der Waals surface area (Å²) >= 11 is 1.88. The SMILES string of the molecule is CC(C)CSCc1noc(CC2CCNCC2)n1. The molecule has 0 radical (unpaired) electrons. The van der Waals surface area contributed by atoms with Gasteiger partial charge in [-0.15, -0.1) is 0 Å². The molecule has 0 bridgehead atoms. The summed E-state index contributed by atoms with van der Waals surface area (Å²) in [6.07, 6.45) is 3.39. The molecule has 1 fully saturated rings. The van der Waals surface area contributed by atoms with Crippen LogP contribution >= 0.6 is 11.8 Å². The molecule has 0 atom stereocenters. The number of nitrogens with zero attached hydrogens (tertiary/aromatic N) is 2. The second kappa shape index (κ2) is 7.14. The zero-order chi connectivity index (χ0) is 12.8. The van der Waals surface area contributed by atoms with E-state index in [1.54, 1.807) is 0 Å². The number of rotatable bonds is 6. The van der Waals surface area contributed by atoms with Crippen molar-refractivity contribution in [3.63, 3.8) is 0 Å². The fraction of sp³-hybridized carbons (Fsp3) is 0.846. The number of thioether (sulfide) groups is 1. The first-order chi connectivity index (χ1) is 8.74. The Bertz CT molecular complexity index is 348. The molecule has 4 nitrogen and oxygen atoms in total. The van der Waals surface area contributed by atoms with Crippen molar-refractivity contribution in [3.8, 4) is 0 Å². The van der Waals surface area contributed by atoms with Crippen LogP contribution in [0.5, 0.6) is 0 Å². The summed E-state index contributed by atoms with van der Waals surface area (Å²) in [5.74, 6) is 5.12. The van der Waals surface area contributed by atoms with Crippen molar-refractivity contribution in [2.45, 2.75) is 38.9 Å². The molecule has 1 aliphatic heterocycles. The van der Waals surface area contributed by atoms with Gasteiger partial charge in [-0.05, 0) is 43.5 Å².